The second kappa shape index (κ2) is 4.57. The molecule has 1 aliphatic rings. The lowest BCUT2D eigenvalue weighted by atomic mass is 10.0. The van der Waals surface area contributed by atoms with E-state index in [1.54, 1.807) is 6.07 Å². The number of aromatic nitrogens is 3. The minimum absolute atomic E-state index is 0.222. The molecule has 0 amide bonds. The number of halogens is 1. The van der Waals surface area contributed by atoms with Gasteiger partial charge in [0.1, 0.15) is 31.1 Å². The van der Waals surface area contributed by atoms with Crippen LogP contribution in [0, 0.1) is 0 Å². The van der Waals surface area contributed by atoms with Crippen molar-refractivity contribution in [1.29, 1.82) is 0 Å². The van der Waals surface area contributed by atoms with E-state index in [0.717, 1.165) is 0 Å². The fraction of sp³-hybridized carbons (Fsp3) is 0.333. The molecule has 8 nitrogen and oxygen atoms in total. The highest BCUT2D eigenvalue weighted by Crippen LogP contribution is 2.42. The van der Waals surface area contributed by atoms with E-state index in [1.165, 1.54) is 17.1 Å². The van der Waals surface area contributed by atoms with Gasteiger partial charge in [-0.1, -0.05) is 0 Å². The van der Waals surface area contributed by atoms with Gasteiger partial charge >= 0.3 is 0 Å². The van der Waals surface area contributed by atoms with Gasteiger partial charge in [-0.2, -0.15) is 0 Å². The number of aliphatic hydroxyl groups is 3. The van der Waals surface area contributed by atoms with Crippen molar-refractivity contribution in [3.8, 4) is 0 Å². The fourth-order valence-corrected chi connectivity index (χ4v) is 2.35. The zero-order chi connectivity index (χ0) is 15.2. The van der Waals surface area contributed by atoms with Crippen LogP contribution in [0.5, 0.6) is 0 Å². The summed E-state index contributed by atoms with van der Waals surface area (Å²) in [4.78, 5) is 7.84. The first kappa shape index (κ1) is 13.6. The maximum atomic E-state index is 13.3. The molecule has 0 saturated heterocycles. The number of alkyl halides is 1. The highest BCUT2D eigenvalue weighted by atomic mass is 19.1. The first-order valence-corrected chi connectivity index (χ1v) is 6.08. The van der Waals surface area contributed by atoms with Crippen molar-refractivity contribution in [1.82, 2.24) is 14.5 Å². The summed E-state index contributed by atoms with van der Waals surface area (Å²) in [5, 5.41) is 29.8. The predicted molar refractivity (Wildman–Crippen MR) is 69.7 cm³/mol. The maximum Gasteiger partial charge on any atom is 0.216 e. The molecule has 3 heterocycles. The molecule has 0 radical (unpaired) electrons. The van der Waals surface area contributed by atoms with Crippen molar-refractivity contribution in [2.75, 3.05) is 19.0 Å². The Kier molecular flexibility index (Phi) is 2.96. The predicted octanol–water partition coefficient (Wildman–Crippen LogP) is 0.00480. The van der Waals surface area contributed by atoms with Crippen molar-refractivity contribution in [2.45, 2.75) is 11.8 Å². The summed E-state index contributed by atoms with van der Waals surface area (Å²) in [5.41, 5.74) is 3.72. The molecule has 0 fully saturated rings. The molecular weight excluding hydrogens is 283 g/mol. The lowest BCUT2D eigenvalue weighted by Gasteiger charge is -2.27. The summed E-state index contributed by atoms with van der Waals surface area (Å²) < 4.78 is 19.9. The Balaban J connectivity index is 2.14. The lowest BCUT2D eigenvalue weighted by molar-refractivity contribution is -0.0962. The zero-order valence-corrected chi connectivity index (χ0v) is 10.8. The number of nitrogen functional groups attached to an aromatic ring is 1. The van der Waals surface area contributed by atoms with Crippen LogP contribution in [0.25, 0.3) is 11.0 Å². The van der Waals surface area contributed by atoms with Gasteiger partial charge in [0.2, 0.25) is 11.8 Å². The van der Waals surface area contributed by atoms with Gasteiger partial charge in [-0.25, -0.2) is 14.4 Å². The third-order valence-electron chi connectivity index (χ3n) is 3.48. The number of ether oxygens (including phenoxy) is 1. The molecule has 21 heavy (non-hydrogen) atoms. The van der Waals surface area contributed by atoms with Crippen LogP contribution in [0.1, 0.15) is 6.23 Å². The highest BCUT2D eigenvalue weighted by Gasteiger charge is 2.52. The molecule has 1 aliphatic heterocycles. The van der Waals surface area contributed by atoms with E-state index in [1.807, 2.05) is 0 Å². The third kappa shape index (κ3) is 1.74. The van der Waals surface area contributed by atoms with Gasteiger partial charge in [0.25, 0.3) is 0 Å². The number of aliphatic hydroxyl groups excluding tert-OH is 2. The van der Waals surface area contributed by atoms with Gasteiger partial charge in [-0.3, -0.25) is 4.57 Å². The molecule has 112 valence electrons. The van der Waals surface area contributed by atoms with Crippen molar-refractivity contribution in [3.63, 3.8) is 0 Å². The number of nitrogens with two attached hydrogens (primary N) is 1. The number of nitrogens with zero attached hydrogens (tertiary/aromatic N) is 3. The van der Waals surface area contributed by atoms with Crippen molar-refractivity contribution in [3.05, 3.63) is 30.1 Å². The molecule has 3 rings (SSSR count). The molecule has 0 spiro atoms. The first-order valence-electron chi connectivity index (χ1n) is 6.08. The van der Waals surface area contributed by atoms with Crippen LogP contribution in [0.15, 0.2) is 30.1 Å². The van der Waals surface area contributed by atoms with Gasteiger partial charge in [0.05, 0.1) is 5.39 Å². The van der Waals surface area contributed by atoms with Crippen LogP contribution in [-0.2, 0) is 4.74 Å². The van der Waals surface area contributed by atoms with Crippen LogP contribution in [-0.4, -0.2) is 48.7 Å². The number of rotatable bonds is 3. The lowest BCUT2D eigenvalue weighted by Crippen LogP contribution is -2.40. The Morgan fingerprint density at radius 1 is 1.48 bits per heavy atom. The molecule has 9 heteroatoms. The van der Waals surface area contributed by atoms with E-state index in [-0.39, 0.29) is 11.6 Å². The Labute approximate surface area is 117 Å². The van der Waals surface area contributed by atoms with Crippen LogP contribution >= 0.6 is 0 Å². The summed E-state index contributed by atoms with van der Waals surface area (Å²) in [6.45, 7) is -1.96. The van der Waals surface area contributed by atoms with Crippen LogP contribution in [0.3, 0.4) is 0 Å². The summed E-state index contributed by atoms with van der Waals surface area (Å²) >= 11 is 0. The van der Waals surface area contributed by atoms with Crippen LogP contribution in [0.2, 0.25) is 0 Å². The monoisotopic (exact) mass is 296 g/mol. The smallest absolute Gasteiger partial charge is 0.216 e. The minimum Gasteiger partial charge on any atom is -0.506 e. The molecule has 5 N–H and O–H groups in total. The molecule has 2 aromatic rings. The summed E-state index contributed by atoms with van der Waals surface area (Å²) in [7, 11) is 0. The van der Waals surface area contributed by atoms with Crippen LogP contribution in [0.4, 0.5) is 10.2 Å². The van der Waals surface area contributed by atoms with Gasteiger partial charge < -0.3 is 25.8 Å². The normalized spacial score (nSPS) is 25.6. The Bertz CT molecular complexity index is 731. The summed E-state index contributed by atoms with van der Waals surface area (Å²) in [5.74, 6) is -0.800. The fourth-order valence-electron chi connectivity index (χ4n) is 2.35. The zero-order valence-electron chi connectivity index (χ0n) is 10.8. The number of hydrogen-bond donors (Lipinski definition) is 4. The van der Waals surface area contributed by atoms with E-state index in [0.29, 0.717) is 11.0 Å². The van der Waals surface area contributed by atoms with E-state index in [2.05, 4.69) is 9.97 Å². The van der Waals surface area contributed by atoms with E-state index < -0.39 is 30.9 Å². The maximum absolute atomic E-state index is 13.3. The molecule has 2 atom stereocenters. The van der Waals surface area contributed by atoms with Crippen molar-refractivity contribution in [2.24, 2.45) is 0 Å². The Morgan fingerprint density at radius 3 is 2.90 bits per heavy atom. The SMILES string of the molecule is Nc1ncnc2c1ccn2[C@@H]1OC(CO)=C(O)[C@]1(O)CF. The van der Waals surface area contributed by atoms with E-state index in [4.69, 9.17) is 15.6 Å². The Morgan fingerprint density at radius 2 is 2.24 bits per heavy atom. The van der Waals surface area contributed by atoms with Gasteiger partial charge in [-0.05, 0) is 6.07 Å². The summed E-state index contributed by atoms with van der Waals surface area (Å²) in [6.07, 6.45) is 1.39. The Hall–Kier alpha value is -2.39. The average molecular weight is 296 g/mol. The second-order valence-electron chi connectivity index (χ2n) is 4.68. The van der Waals surface area contributed by atoms with E-state index in [9.17, 15) is 14.6 Å². The van der Waals surface area contributed by atoms with Gasteiger partial charge in [0.15, 0.2) is 11.5 Å². The second-order valence-corrected chi connectivity index (χ2v) is 4.68. The van der Waals surface area contributed by atoms with Gasteiger partial charge in [-0.15, -0.1) is 0 Å². The number of hydrogen-bond acceptors (Lipinski definition) is 7. The largest absolute Gasteiger partial charge is 0.506 e. The highest BCUT2D eigenvalue weighted by molar-refractivity contribution is 5.86. The number of anilines is 1. The van der Waals surface area contributed by atoms with Gasteiger partial charge in [0, 0.05) is 6.20 Å². The average Bonchev–Trinajstić information content (AvgIpc) is 3.01. The molecular formula is C12H13FN4O4. The minimum atomic E-state index is -2.30. The van der Waals surface area contributed by atoms with Crippen molar-refractivity contribution < 1.29 is 24.4 Å². The molecule has 0 aromatic carbocycles. The van der Waals surface area contributed by atoms with Crippen molar-refractivity contribution >= 4 is 16.9 Å². The topological polar surface area (TPSA) is 127 Å². The molecule has 0 aliphatic carbocycles. The molecule has 0 saturated carbocycles. The standard InChI is InChI=1S/C12H13FN4O4/c13-4-12(20)8(19)7(3-18)21-11(12)17-2-1-6-9(14)15-5-16-10(6)17/h1-2,5,11,18-20H,3-4H2,(H2,14,15,16)/t11-,12-/m1/s1. The van der Waals surface area contributed by atoms with Crippen LogP contribution < -0.4 is 5.73 Å². The number of fused-ring (bicyclic) bond motifs is 1. The first-order chi connectivity index (χ1) is 10.0. The molecule has 0 unspecified atom stereocenters. The quantitative estimate of drug-likeness (QED) is 0.628. The molecule has 0 bridgehead atoms. The third-order valence-corrected chi connectivity index (χ3v) is 3.48. The summed E-state index contributed by atoms with van der Waals surface area (Å²) in [6, 6.07) is 1.58. The van der Waals surface area contributed by atoms with E-state index >= 15 is 0 Å². The molecule has 2 aromatic heterocycles.